The fourth-order valence-corrected chi connectivity index (χ4v) is 11.6. The summed E-state index contributed by atoms with van der Waals surface area (Å²) in [4.78, 5) is 4.65. The van der Waals surface area contributed by atoms with Crippen LogP contribution in [0.25, 0.3) is 87.6 Å². The number of furan rings is 1. The topological polar surface area (TPSA) is 39.9 Å². The number of benzene rings is 12. The number of aromatic hydroxyl groups is 1. The van der Waals surface area contributed by atoms with Gasteiger partial charge in [-0.15, -0.1) is 0 Å². The van der Waals surface area contributed by atoms with E-state index < -0.39 is 0 Å². The Hall–Kier alpha value is -9.12. The van der Waals surface area contributed by atoms with Gasteiger partial charge in [-0.3, -0.25) is 0 Å². The number of para-hydroxylation sites is 3. The maximum Gasteiger partial charge on any atom is 0.159 e. The minimum atomic E-state index is 0.218. The van der Waals surface area contributed by atoms with E-state index in [1.54, 1.807) is 0 Å². The number of aryl methyl sites for hydroxylation is 4. The molecule has 0 fully saturated rings. The molecule has 0 aliphatic carbocycles. The zero-order valence-electron chi connectivity index (χ0n) is 42.0. The molecule has 13 rings (SSSR count). The van der Waals surface area contributed by atoms with Crippen molar-refractivity contribution < 1.29 is 9.52 Å². The van der Waals surface area contributed by atoms with Gasteiger partial charge in [0.15, 0.2) is 5.58 Å². The van der Waals surface area contributed by atoms with Crippen LogP contribution >= 0.6 is 0 Å². The molecular weight excluding hydrogens is 901 g/mol. The van der Waals surface area contributed by atoms with Crippen LogP contribution in [0.5, 0.6) is 5.75 Å². The number of hydrogen-bond donors (Lipinski definition) is 1. The fourth-order valence-electron chi connectivity index (χ4n) is 11.6. The summed E-state index contributed by atoms with van der Waals surface area (Å²) in [6.07, 6.45) is 1.84. The van der Waals surface area contributed by atoms with Gasteiger partial charge in [0.25, 0.3) is 0 Å². The first-order valence-electron chi connectivity index (χ1n) is 25.8. The lowest BCUT2D eigenvalue weighted by atomic mass is 9.91. The molecule has 0 unspecified atom stereocenters. The van der Waals surface area contributed by atoms with E-state index in [0.29, 0.717) is 5.69 Å². The van der Waals surface area contributed by atoms with Crippen LogP contribution in [0.3, 0.4) is 0 Å². The Bertz CT molecular complexity index is 4300. The molecule has 356 valence electrons. The molecule has 0 radical (unpaired) electrons. The van der Waals surface area contributed by atoms with Crippen molar-refractivity contribution in [2.45, 2.75) is 40.5 Å². The number of hydrogen-bond acceptors (Lipinski definition) is 4. The maximum absolute atomic E-state index is 12.7. The van der Waals surface area contributed by atoms with Gasteiger partial charge < -0.3 is 19.3 Å². The monoisotopic (exact) mass is 954 g/mol. The van der Waals surface area contributed by atoms with Crippen LogP contribution < -0.4 is 9.80 Å². The maximum atomic E-state index is 12.7. The van der Waals surface area contributed by atoms with Crippen molar-refractivity contribution in [3.8, 4) is 39.1 Å². The predicted molar refractivity (Wildman–Crippen MR) is 313 cm³/mol. The first-order valence-corrected chi connectivity index (χ1v) is 25.8. The van der Waals surface area contributed by atoms with Crippen molar-refractivity contribution in [2.75, 3.05) is 9.80 Å². The van der Waals surface area contributed by atoms with Crippen molar-refractivity contribution in [1.29, 1.82) is 0 Å². The van der Waals surface area contributed by atoms with Crippen LogP contribution in [0.4, 0.5) is 34.1 Å². The highest BCUT2D eigenvalue weighted by Crippen LogP contribution is 2.52. The van der Waals surface area contributed by atoms with Crippen molar-refractivity contribution in [3.63, 3.8) is 0 Å². The Morgan fingerprint density at radius 2 is 0.946 bits per heavy atom. The fraction of sp³-hybridized carbons (Fsp3) is 0.0857. The quantitative estimate of drug-likeness (QED) is 0.131. The zero-order chi connectivity index (χ0) is 50.0. The second kappa shape index (κ2) is 18.2. The van der Waals surface area contributed by atoms with Crippen molar-refractivity contribution in [2.24, 2.45) is 0 Å². The van der Waals surface area contributed by atoms with Crippen LogP contribution in [0, 0.1) is 13.8 Å². The third-order valence-corrected chi connectivity index (χ3v) is 15.3. The Labute approximate surface area is 432 Å². The molecular formula is C70H54N2O2. The molecule has 1 N–H and O–H groups in total. The van der Waals surface area contributed by atoms with Crippen molar-refractivity contribution >= 4 is 88.4 Å². The lowest BCUT2D eigenvalue weighted by Gasteiger charge is -2.30. The Morgan fingerprint density at radius 3 is 1.66 bits per heavy atom. The number of rotatable bonds is 11. The summed E-state index contributed by atoms with van der Waals surface area (Å²) < 4.78 is 7.22. The summed E-state index contributed by atoms with van der Waals surface area (Å²) in [5.41, 5.74) is 18.7. The van der Waals surface area contributed by atoms with E-state index in [1.807, 2.05) is 12.1 Å². The van der Waals surface area contributed by atoms with Gasteiger partial charge in [-0.2, -0.15) is 0 Å². The molecule has 4 nitrogen and oxygen atoms in total. The van der Waals surface area contributed by atoms with Gasteiger partial charge in [0.2, 0.25) is 0 Å². The molecule has 13 aromatic rings. The molecule has 4 heteroatoms. The number of anilines is 6. The second-order valence-corrected chi connectivity index (χ2v) is 19.6. The van der Waals surface area contributed by atoms with E-state index in [9.17, 15) is 5.11 Å². The first kappa shape index (κ1) is 44.8. The Kier molecular flexibility index (Phi) is 11.0. The highest BCUT2D eigenvalue weighted by molar-refractivity contribution is 6.28. The molecule has 0 spiro atoms. The van der Waals surface area contributed by atoms with Gasteiger partial charge in [-0.05, 0) is 147 Å². The molecule has 74 heavy (non-hydrogen) atoms. The molecule has 0 saturated heterocycles. The summed E-state index contributed by atoms with van der Waals surface area (Å²) in [5.74, 6) is 0.218. The summed E-state index contributed by atoms with van der Waals surface area (Å²) in [5, 5.41) is 21.7. The first-order chi connectivity index (χ1) is 36.4. The van der Waals surface area contributed by atoms with Crippen molar-refractivity contribution in [1.82, 2.24) is 0 Å². The number of nitrogens with zero attached hydrogens (tertiary/aromatic N) is 2. The number of phenolic OH excluding ortho intramolecular Hbond substituents is 1. The van der Waals surface area contributed by atoms with Gasteiger partial charge in [-0.25, -0.2) is 0 Å². The standard InChI is InChI=1S/C70H54N2O2/c1-5-46-19-12-24-53(42-46)72(65-32-16-30-59-58-29-14-28-57(69(58)74-70(59)65)55-26-10-8-20-47(55)6-2)63-40-36-49-33-37-60-62(39-35-48-34-38-61(63)67(49)66(48)60)71(52-23-11-17-44(3)41-52)64-31-15-27-56(68(64)73)51-22-13-21-50(43-51)54-25-9-7-18-45(54)4/h7-43,73H,5-6H2,1-4H3. The molecule has 1 heterocycles. The van der Waals surface area contributed by atoms with E-state index >= 15 is 0 Å². The lowest BCUT2D eigenvalue weighted by Crippen LogP contribution is -2.12. The summed E-state index contributed by atoms with van der Waals surface area (Å²) in [6.45, 7) is 8.70. The zero-order valence-corrected chi connectivity index (χ0v) is 42.0. The van der Waals surface area contributed by atoms with Crippen LogP contribution in [0.15, 0.2) is 229 Å². The van der Waals surface area contributed by atoms with Crippen LogP contribution in [-0.4, -0.2) is 5.11 Å². The smallest absolute Gasteiger partial charge is 0.159 e. The molecule has 12 aromatic carbocycles. The largest absolute Gasteiger partial charge is 0.505 e. The van der Waals surface area contributed by atoms with E-state index in [-0.39, 0.29) is 5.75 Å². The predicted octanol–water partition coefficient (Wildman–Crippen LogP) is 19.9. The van der Waals surface area contributed by atoms with Crippen LogP contribution in [-0.2, 0) is 12.8 Å². The SMILES string of the molecule is CCc1cccc(N(c2ccc3ccc4c(N(c5cccc(C)c5)c5cccc(-c6cccc(-c7ccccc7C)c6)c5O)ccc5ccc2c3c54)c2cccc3c2oc2c(-c4ccccc4CC)cccc23)c1. The highest BCUT2D eigenvalue weighted by atomic mass is 16.3. The third kappa shape index (κ3) is 7.36. The third-order valence-electron chi connectivity index (χ3n) is 15.3. The summed E-state index contributed by atoms with van der Waals surface area (Å²) in [6, 6.07) is 80.5. The minimum absolute atomic E-state index is 0.218. The van der Waals surface area contributed by atoms with E-state index in [4.69, 9.17) is 4.42 Å². The molecule has 1 aromatic heterocycles. The van der Waals surface area contributed by atoms with E-state index in [1.165, 1.54) is 38.6 Å². The van der Waals surface area contributed by atoms with Gasteiger partial charge >= 0.3 is 0 Å². The Balaban J connectivity index is 1.02. The van der Waals surface area contributed by atoms with E-state index in [2.05, 4.69) is 250 Å². The van der Waals surface area contributed by atoms with Gasteiger partial charge in [0, 0.05) is 44.0 Å². The molecule has 0 aliphatic rings. The van der Waals surface area contributed by atoms with Gasteiger partial charge in [-0.1, -0.05) is 184 Å². The molecule has 0 bridgehead atoms. The Morgan fingerprint density at radius 1 is 0.392 bits per heavy atom. The normalized spacial score (nSPS) is 11.7. The molecule has 0 amide bonds. The van der Waals surface area contributed by atoms with E-state index in [0.717, 1.165) is 113 Å². The average Bonchev–Trinajstić information content (AvgIpc) is 3.84. The van der Waals surface area contributed by atoms with Gasteiger partial charge in [0.05, 0.1) is 22.7 Å². The lowest BCUT2D eigenvalue weighted by molar-refractivity contribution is 0.478. The second-order valence-electron chi connectivity index (χ2n) is 19.6. The van der Waals surface area contributed by atoms with Crippen LogP contribution in [0.1, 0.15) is 36.1 Å². The summed E-state index contributed by atoms with van der Waals surface area (Å²) >= 11 is 0. The molecule has 0 atom stereocenters. The summed E-state index contributed by atoms with van der Waals surface area (Å²) in [7, 11) is 0. The van der Waals surface area contributed by atoms with Crippen LogP contribution in [0.2, 0.25) is 0 Å². The number of fused-ring (bicyclic) bond motifs is 3. The molecule has 0 saturated carbocycles. The average molecular weight is 955 g/mol. The molecule has 0 aliphatic heterocycles. The minimum Gasteiger partial charge on any atom is -0.505 e. The van der Waals surface area contributed by atoms with Gasteiger partial charge in [0.1, 0.15) is 11.3 Å². The highest BCUT2D eigenvalue weighted by Gasteiger charge is 2.26. The van der Waals surface area contributed by atoms with Crippen molar-refractivity contribution in [3.05, 3.63) is 247 Å². The number of phenols is 1.